The number of nitrogens with one attached hydrogen (secondary N) is 1. The fourth-order valence-corrected chi connectivity index (χ4v) is 2.51. The molecule has 1 aromatic carbocycles. The average molecular weight is 279 g/mol. The third kappa shape index (κ3) is 7.04. The molecule has 20 heavy (non-hydrogen) atoms. The van der Waals surface area contributed by atoms with E-state index in [0.717, 1.165) is 18.5 Å². The van der Waals surface area contributed by atoms with Crippen molar-refractivity contribution in [3.05, 3.63) is 35.6 Å². The largest absolute Gasteiger partial charge is 0.314 e. The third-order valence-electron chi connectivity index (χ3n) is 3.75. The highest BCUT2D eigenvalue weighted by molar-refractivity contribution is 5.17. The molecular formula is C18H30FN. The van der Waals surface area contributed by atoms with Crippen LogP contribution in [0.1, 0.15) is 58.4 Å². The Bertz CT molecular complexity index is 362. The summed E-state index contributed by atoms with van der Waals surface area (Å²) in [6.45, 7) is 7.55. The molecule has 114 valence electrons. The summed E-state index contributed by atoms with van der Waals surface area (Å²) in [5, 5.41) is 3.50. The summed E-state index contributed by atoms with van der Waals surface area (Å²) in [7, 11) is 0. The Hall–Kier alpha value is -0.890. The molecule has 0 heterocycles. The van der Waals surface area contributed by atoms with Gasteiger partial charge in [-0.15, -0.1) is 0 Å². The Balaban J connectivity index is 2.50. The van der Waals surface area contributed by atoms with E-state index in [9.17, 15) is 4.39 Å². The maximum Gasteiger partial charge on any atom is 0.126 e. The summed E-state index contributed by atoms with van der Waals surface area (Å²) in [6.07, 6.45) is 7.16. The second kappa shape index (κ2) is 9.93. The van der Waals surface area contributed by atoms with E-state index in [2.05, 4.69) is 26.1 Å². The smallest absolute Gasteiger partial charge is 0.126 e. The van der Waals surface area contributed by atoms with Gasteiger partial charge in [-0.3, -0.25) is 0 Å². The fourth-order valence-electron chi connectivity index (χ4n) is 2.51. The Labute approximate surface area is 124 Å². The minimum atomic E-state index is -0.0596. The molecule has 0 aliphatic heterocycles. The lowest BCUT2D eigenvalue weighted by molar-refractivity contribution is 0.400. The standard InChI is InChI=1S/C18H30FN/c1-4-5-6-7-10-16(14-20-15(2)3)13-17-11-8-9-12-18(17)19/h8-9,11-12,15-16,20H,4-7,10,13-14H2,1-3H3. The number of benzene rings is 1. The van der Waals surface area contributed by atoms with Gasteiger partial charge in [-0.2, -0.15) is 0 Å². The van der Waals surface area contributed by atoms with Crippen molar-refractivity contribution in [3.8, 4) is 0 Å². The van der Waals surface area contributed by atoms with Crippen LogP contribution in [-0.4, -0.2) is 12.6 Å². The lowest BCUT2D eigenvalue weighted by atomic mass is 9.93. The van der Waals surface area contributed by atoms with E-state index in [1.807, 2.05) is 12.1 Å². The second-order valence-electron chi connectivity index (χ2n) is 6.07. The van der Waals surface area contributed by atoms with E-state index in [0.29, 0.717) is 12.0 Å². The van der Waals surface area contributed by atoms with Crippen LogP contribution in [0, 0.1) is 11.7 Å². The van der Waals surface area contributed by atoms with Crippen molar-refractivity contribution in [2.75, 3.05) is 6.54 Å². The highest BCUT2D eigenvalue weighted by Gasteiger charge is 2.12. The molecule has 1 N–H and O–H groups in total. The number of rotatable bonds is 10. The van der Waals surface area contributed by atoms with E-state index < -0.39 is 0 Å². The predicted molar refractivity (Wildman–Crippen MR) is 85.5 cm³/mol. The number of unbranched alkanes of at least 4 members (excludes halogenated alkanes) is 3. The van der Waals surface area contributed by atoms with Crippen LogP contribution < -0.4 is 5.32 Å². The van der Waals surface area contributed by atoms with Crippen molar-refractivity contribution >= 4 is 0 Å². The molecule has 0 aliphatic rings. The third-order valence-corrected chi connectivity index (χ3v) is 3.75. The Morgan fingerprint density at radius 2 is 1.85 bits per heavy atom. The van der Waals surface area contributed by atoms with E-state index in [1.54, 1.807) is 12.1 Å². The van der Waals surface area contributed by atoms with E-state index in [-0.39, 0.29) is 5.82 Å². The van der Waals surface area contributed by atoms with Crippen LogP contribution in [0.15, 0.2) is 24.3 Å². The van der Waals surface area contributed by atoms with Crippen LogP contribution in [0.3, 0.4) is 0 Å². The van der Waals surface area contributed by atoms with Gasteiger partial charge in [0.15, 0.2) is 0 Å². The molecule has 2 heteroatoms. The molecule has 1 unspecified atom stereocenters. The summed E-state index contributed by atoms with van der Waals surface area (Å²) >= 11 is 0. The minimum absolute atomic E-state index is 0.0596. The maximum absolute atomic E-state index is 13.8. The van der Waals surface area contributed by atoms with Crippen LogP contribution >= 0.6 is 0 Å². The number of hydrogen-bond donors (Lipinski definition) is 1. The first-order valence-corrected chi connectivity index (χ1v) is 8.10. The highest BCUT2D eigenvalue weighted by Crippen LogP contribution is 2.18. The van der Waals surface area contributed by atoms with Crippen molar-refractivity contribution in [2.24, 2.45) is 5.92 Å². The van der Waals surface area contributed by atoms with Crippen LogP contribution in [0.2, 0.25) is 0 Å². The Morgan fingerprint density at radius 1 is 1.10 bits per heavy atom. The van der Waals surface area contributed by atoms with Gasteiger partial charge in [0.25, 0.3) is 0 Å². The van der Waals surface area contributed by atoms with Gasteiger partial charge < -0.3 is 5.32 Å². The van der Waals surface area contributed by atoms with Gasteiger partial charge in [0.05, 0.1) is 0 Å². The van der Waals surface area contributed by atoms with Crippen molar-refractivity contribution in [1.82, 2.24) is 5.32 Å². The van der Waals surface area contributed by atoms with Crippen molar-refractivity contribution in [3.63, 3.8) is 0 Å². The van der Waals surface area contributed by atoms with Gasteiger partial charge in [-0.25, -0.2) is 4.39 Å². The molecule has 0 fully saturated rings. The normalized spacial score (nSPS) is 12.8. The Morgan fingerprint density at radius 3 is 2.50 bits per heavy atom. The molecule has 0 saturated heterocycles. The summed E-state index contributed by atoms with van der Waals surface area (Å²) in [5.74, 6) is 0.474. The molecule has 0 amide bonds. The number of hydrogen-bond acceptors (Lipinski definition) is 1. The first kappa shape index (κ1) is 17.2. The molecule has 1 rings (SSSR count). The second-order valence-corrected chi connectivity index (χ2v) is 6.07. The van der Waals surface area contributed by atoms with Crippen LogP contribution in [0.4, 0.5) is 4.39 Å². The molecular weight excluding hydrogens is 249 g/mol. The van der Waals surface area contributed by atoms with Gasteiger partial charge in [0, 0.05) is 6.04 Å². The monoisotopic (exact) mass is 279 g/mol. The molecule has 1 aromatic rings. The van der Waals surface area contributed by atoms with Crippen molar-refractivity contribution in [1.29, 1.82) is 0 Å². The molecule has 1 atom stereocenters. The lowest BCUT2D eigenvalue weighted by Gasteiger charge is -2.19. The van der Waals surface area contributed by atoms with E-state index >= 15 is 0 Å². The van der Waals surface area contributed by atoms with Gasteiger partial charge in [-0.1, -0.05) is 64.7 Å². The van der Waals surface area contributed by atoms with Crippen molar-refractivity contribution in [2.45, 2.75) is 65.3 Å². The topological polar surface area (TPSA) is 12.0 Å². The van der Waals surface area contributed by atoms with Crippen LogP contribution in [0.25, 0.3) is 0 Å². The molecule has 0 radical (unpaired) electrons. The molecule has 0 bridgehead atoms. The fraction of sp³-hybridized carbons (Fsp3) is 0.667. The molecule has 0 aliphatic carbocycles. The zero-order valence-electron chi connectivity index (χ0n) is 13.3. The van der Waals surface area contributed by atoms with Gasteiger partial charge in [-0.05, 0) is 36.9 Å². The summed E-state index contributed by atoms with van der Waals surface area (Å²) in [4.78, 5) is 0. The first-order valence-electron chi connectivity index (χ1n) is 8.10. The summed E-state index contributed by atoms with van der Waals surface area (Å²) < 4.78 is 13.8. The SMILES string of the molecule is CCCCCCC(CNC(C)C)Cc1ccccc1F. The van der Waals surface area contributed by atoms with Crippen LogP contribution in [0.5, 0.6) is 0 Å². The number of halogens is 1. The maximum atomic E-state index is 13.8. The molecule has 1 nitrogen and oxygen atoms in total. The zero-order chi connectivity index (χ0) is 14.8. The Kier molecular flexibility index (Phi) is 8.52. The molecule has 0 aromatic heterocycles. The van der Waals surface area contributed by atoms with Gasteiger partial charge in [0.2, 0.25) is 0 Å². The van der Waals surface area contributed by atoms with E-state index in [4.69, 9.17) is 0 Å². The van der Waals surface area contributed by atoms with Crippen molar-refractivity contribution < 1.29 is 4.39 Å². The quantitative estimate of drug-likeness (QED) is 0.597. The van der Waals surface area contributed by atoms with Gasteiger partial charge >= 0.3 is 0 Å². The predicted octanol–water partition coefficient (Wildman–Crippen LogP) is 4.95. The summed E-state index contributed by atoms with van der Waals surface area (Å²) in [6, 6.07) is 7.68. The lowest BCUT2D eigenvalue weighted by Crippen LogP contribution is -2.30. The minimum Gasteiger partial charge on any atom is -0.314 e. The highest BCUT2D eigenvalue weighted by atomic mass is 19.1. The zero-order valence-corrected chi connectivity index (χ0v) is 13.3. The van der Waals surface area contributed by atoms with Crippen LogP contribution in [-0.2, 0) is 6.42 Å². The molecule has 0 spiro atoms. The first-order chi connectivity index (χ1) is 9.63. The average Bonchev–Trinajstić information content (AvgIpc) is 2.42. The summed E-state index contributed by atoms with van der Waals surface area (Å²) in [5.41, 5.74) is 0.860. The molecule has 0 saturated carbocycles. The van der Waals surface area contributed by atoms with Gasteiger partial charge in [0.1, 0.15) is 5.82 Å². The van der Waals surface area contributed by atoms with E-state index in [1.165, 1.54) is 32.1 Å².